The van der Waals surface area contributed by atoms with E-state index in [-0.39, 0.29) is 18.2 Å². The molecule has 1 aromatic rings. The predicted molar refractivity (Wildman–Crippen MR) is 90.0 cm³/mol. The van der Waals surface area contributed by atoms with Gasteiger partial charge in [-0.15, -0.1) is 0 Å². The van der Waals surface area contributed by atoms with E-state index in [1.165, 1.54) is 0 Å². The van der Waals surface area contributed by atoms with Crippen molar-refractivity contribution in [3.63, 3.8) is 0 Å². The molecule has 2 aliphatic rings. The number of amides is 4. The summed E-state index contributed by atoms with van der Waals surface area (Å²) < 4.78 is 0. The zero-order valence-electron chi connectivity index (χ0n) is 14.4. The van der Waals surface area contributed by atoms with Gasteiger partial charge in [0.25, 0.3) is 5.91 Å². The van der Waals surface area contributed by atoms with Crippen molar-refractivity contribution < 1.29 is 14.4 Å². The Hall–Kier alpha value is -2.71. The first-order valence-corrected chi connectivity index (χ1v) is 8.38. The van der Waals surface area contributed by atoms with Crippen LogP contribution in [0.3, 0.4) is 0 Å². The lowest BCUT2D eigenvalue weighted by Gasteiger charge is -2.36. The molecule has 0 aliphatic carbocycles. The number of nitrogens with zero attached hydrogens (tertiary/aromatic N) is 4. The fourth-order valence-corrected chi connectivity index (χ4v) is 3.08. The van der Waals surface area contributed by atoms with Crippen molar-refractivity contribution in [3.05, 3.63) is 17.6 Å². The van der Waals surface area contributed by atoms with E-state index in [0.717, 1.165) is 17.2 Å². The van der Waals surface area contributed by atoms with E-state index in [4.69, 9.17) is 0 Å². The summed E-state index contributed by atoms with van der Waals surface area (Å²) in [6, 6.07) is -1.10. The molecule has 0 saturated carbocycles. The van der Waals surface area contributed by atoms with Gasteiger partial charge in [0, 0.05) is 38.8 Å². The Balaban J connectivity index is 1.50. The van der Waals surface area contributed by atoms with E-state index < -0.39 is 12.1 Å². The normalized spacial score (nSPS) is 20.5. The van der Waals surface area contributed by atoms with Gasteiger partial charge in [-0.3, -0.25) is 19.9 Å². The van der Waals surface area contributed by atoms with E-state index in [2.05, 4.69) is 25.5 Å². The van der Waals surface area contributed by atoms with Crippen molar-refractivity contribution >= 4 is 23.7 Å². The molecule has 2 saturated heterocycles. The Morgan fingerprint density at radius 3 is 2.60 bits per heavy atom. The first-order valence-electron chi connectivity index (χ1n) is 8.38. The van der Waals surface area contributed by atoms with Crippen molar-refractivity contribution in [1.29, 1.82) is 0 Å². The zero-order chi connectivity index (χ0) is 18.0. The maximum atomic E-state index is 12.3. The molecule has 0 radical (unpaired) electrons. The smallest absolute Gasteiger partial charge is 0.322 e. The summed E-state index contributed by atoms with van der Waals surface area (Å²) in [6.45, 7) is 6.46. The van der Waals surface area contributed by atoms with Crippen molar-refractivity contribution in [1.82, 2.24) is 25.5 Å². The molecule has 2 aliphatic heterocycles. The minimum atomic E-state index is -0.608. The number of hydrogen-bond acceptors (Lipinski definition) is 6. The van der Waals surface area contributed by atoms with Gasteiger partial charge in [0.15, 0.2) is 0 Å². The van der Waals surface area contributed by atoms with Gasteiger partial charge in [0.2, 0.25) is 5.91 Å². The highest BCUT2D eigenvalue weighted by Gasteiger charge is 2.30. The van der Waals surface area contributed by atoms with Crippen molar-refractivity contribution in [2.45, 2.75) is 32.7 Å². The molecule has 1 aromatic heterocycles. The van der Waals surface area contributed by atoms with Crippen LogP contribution in [0.15, 0.2) is 6.20 Å². The fourth-order valence-electron chi connectivity index (χ4n) is 3.08. The van der Waals surface area contributed by atoms with Gasteiger partial charge in [-0.1, -0.05) is 0 Å². The number of carbonyl (C=O) groups is 3. The summed E-state index contributed by atoms with van der Waals surface area (Å²) in [7, 11) is 0. The van der Waals surface area contributed by atoms with Crippen LogP contribution in [0.5, 0.6) is 0 Å². The fraction of sp³-hybridized carbons (Fsp3) is 0.562. The van der Waals surface area contributed by atoms with Crippen LogP contribution in [0.4, 0.5) is 10.6 Å². The van der Waals surface area contributed by atoms with Gasteiger partial charge in [-0.2, -0.15) is 0 Å². The van der Waals surface area contributed by atoms with Crippen molar-refractivity contribution in [2.75, 3.05) is 31.1 Å². The van der Waals surface area contributed by atoms with E-state index >= 15 is 0 Å². The third-order valence-electron chi connectivity index (χ3n) is 4.49. The van der Waals surface area contributed by atoms with Crippen LogP contribution in [0.25, 0.3) is 0 Å². The van der Waals surface area contributed by atoms with Crippen molar-refractivity contribution in [2.24, 2.45) is 0 Å². The standard InChI is InChI=1S/C16H22N6O3/c1-10-9-17-11(2)14(18-10)22-7-5-21(6-8-22)13(23)4-3-12-15(24)20-16(25)19-12/h9,12H,3-8H2,1-2H3,(H2,19,20,24,25)/t12-/m0/s1. The summed E-state index contributed by atoms with van der Waals surface area (Å²) in [4.78, 5) is 47.7. The van der Waals surface area contributed by atoms with E-state index in [1.54, 1.807) is 11.1 Å². The number of hydrogen-bond donors (Lipinski definition) is 2. The number of imide groups is 1. The highest BCUT2D eigenvalue weighted by atomic mass is 16.2. The third kappa shape index (κ3) is 3.86. The number of nitrogens with one attached hydrogen (secondary N) is 2. The van der Waals surface area contributed by atoms with Gasteiger partial charge in [0.1, 0.15) is 11.9 Å². The largest absolute Gasteiger partial charge is 0.352 e. The lowest BCUT2D eigenvalue weighted by molar-refractivity contribution is -0.131. The minimum absolute atomic E-state index is 0.000599. The zero-order valence-corrected chi connectivity index (χ0v) is 14.4. The number of carbonyl (C=O) groups excluding carboxylic acids is 3. The van der Waals surface area contributed by atoms with Gasteiger partial charge < -0.3 is 15.1 Å². The van der Waals surface area contributed by atoms with Crippen LogP contribution in [0.1, 0.15) is 24.2 Å². The predicted octanol–water partition coefficient (Wildman–Crippen LogP) is -0.270. The van der Waals surface area contributed by atoms with Gasteiger partial charge in [0.05, 0.1) is 11.4 Å². The Morgan fingerprint density at radius 2 is 1.96 bits per heavy atom. The molecular formula is C16H22N6O3. The van der Waals surface area contributed by atoms with E-state index in [0.29, 0.717) is 32.6 Å². The van der Waals surface area contributed by atoms with Crippen LogP contribution >= 0.6 is 0 Å². The Kier molecular flexibility index (Phi) is 4.82. The number of aromatic nitrogens is 2. The quantitative estimate of drug-likeness (QED) is 0.727. The van der Waals surface area contributed by atoms with Crippen molar-refractivity contribution in [3.8, 4) is 0 Å². The Labute approximate surface area is 145 Å². The van der Waals surface area contributed by atoms with Gasteiger partial charge in [-0.05, 0) is 20.3 Å². The molecule has 9 heteroatoms. The topological polar surface area (TPSA) is 108 Å². The monoisotopic (exact) mass is 346 g/mol. The molecule has 134 valence electrons. The van der Waals surface area contributed by atoms with Crippen LogP contribution in [0.2, 0.25) is 0 Å². The molecule has 25 heavy (non-hydrogen) atoms. The summed E-state index contributed by atoms with van der Waals surface area (Å²) >= 11 is 0. The molecule has 0 spiro atoms. The molecule has 3 rings (SSSR count). The molecular weight excluding hydrogens is 324 g/mol. The van der Waals surface area contributed by atoms with Crippen LogP contribution < -0.4 is 15.5 Å². The number of aryl methyl sites for hydroxylation is 2. The highest BCUT2D eigenvalue weighted by Crippen LogP contribution is 2.18. The molecule has 0 bridgehead atoms. The number of anilines is 1. The maximum absolute atomic E-state index is 12.3. The first-order chi connectivity index (χ1) is 11.9. The summed E-state index contributed by atoms with van der Waals surface area (Å²) in [5, 5.41) is 4.68. The second-order valence-electron chi connectivity index (χ2n) is 6.34. The molecule has 9 nitrogen and oxygen atoms in total. The van der Waals surface area contributed by atoms with E-state index in [1.807, 2.05) is 13.8 Å². The third-order valence-corrected chi connectivity index (χ3v) is 4.49. The number of urea groups is 1. The molecule has 2 fully saturated rings. The van der Waals surface area contributed by atoms with E-state index in [9.17, 15) is 14.4 Å². The lowest BCUT2D eigenvalue weighted by atomic mass is 10.1. The SMILES string of the molecule is Cc1cnc(C)c(N2CCN(C(=O)CC[C@@H]3NC(=O)NC3=O)CC2)n1. The average molecular weight is 346 g/mol. The lowest BCUT2D eigenvalue weighted by Crippen LogP contribution is -2.49. The first kappa shape index (κ1) is 17.1. The van der Waals surface area contributed by atoms with Crippen LogP contribution in [-0.2, 0) is 9.59 Å². The molecule has 0 unspecified atom stereocenters. The second-order valence-corrected chi connectivity index (χ2v) is 6.34. The second kappa shape index (κ2) is 7.04. The summed E-state index contributed by atoms with van der Waals surface area (Å²) in [6.07, 6.45) is 2.30. The maximum Gasteiger partial charge on any atom is 0.322 e. The summed E-state index contributed by atoms with van der Waals surface area (Å²) in [5.41, 5.74) is 1.75. The molecule has 3 heterocycles. The number of rotatable bonds is 4. The van der Waals surface area contributed by atoms with Gasteiger partial charge in [-0.25, -0.2) is 9.78 Å². The highest BCUT2D eigenvalue weighted by molar-refractivity contribution is 6.04. The Morgan fingerprint density at radius 1 is 1.24 bits per heavy atom. The van der Waals surface area contributed by atoms with Gasteiger partial charge >= 0.3 is 6.03 Å². The minimum Gasteiger partial charge on any atom is -0.352 e. The molecule has 0 aromatic carbocycles. The number of piperazine rings is 1. The Bertz CT molecular complexity index is 699. The molecule has 4 amide bonds. The molecule has 2 N–H and O–H groups in total. The van der Waals surface area contributed by atoms with Crippen LogP contribution in [-0.4, -0.2) is 64.9 Å². The summed E-state index contributed by atoms with van der Waals surface area (Å²) in [5.74, 6) is 0.509. The average Bonchev–Trinajstić information content (AvgIpc) is 2.92. The van der Waals surface area contributed by atoms with Crippen LogP contribution in [0, 0.1) is 13.8 Å². The molecule has 1 atom stereocenters.